The van der Waals surface area contributed by atoms with Gasteiger partial charge < -0.3 is 15.1 Å². The van der Waals surface area contributed by atoms with Crippen molar-refractivity contribution in [1.29, 1.82) is 5.26 Å². The van der Waals surface area contributed by atoms with Crippen molar-refractivity contribution in [2.45, 2.75) is 19.8 Å². The lowest BCUT2D eigenvalue weighted by Gasteiger charge is -2.31. The molecule has 0 aromatic heterocycles. The van der Waals surface area contributed by atoms with Gasteiger partial charge in [0, 0.05) is 45.5 Å². The quantitative estimate of drug-likeness (QED) is 0.583. The Morgan fingerprint density at radius 3 is 2.47 bits per heavy atom. The number of hydrogen-bond donors (Lipinski definition) is 1. The topological polar surface area (TPSA) is 59.4 Å². The number of hydrogen-bond acceptors (Lipinski definition) is 4. The van der Waals surface area contributed by atoms with E-state index in [1.807, 2.05) is 4.90 Å². The predicted octanol–water partition coefficient (Wildman–Crippen LogP) is 0.558. The Morgan fingerprint density at radius 1 is 1.26 bits per heavy atom. The van der Waals surface area contributed by atoms with Crippen LogP contribution in [-0.4, -0.2) is 55.0 Å². The Kier molecular flexibility index (Phi) is 4.80. The SMILES string of the molecule is CC1CCN(C(=O)/C(C#N)=C\N2CCNCC2)CC1. The minimum Gasteiger partial charge on any atom is -0.374 e. The molecule has 0 aromatic carbocycles. The number of likely N-dealkylation sites (tertiary alicyclic amines) is 1. The molecule has 5 nitrogen and oxygen atoms in total. The summed E-state index contributed by atoms with van der Waals surface area (Å²) in [6.45, 7) is 7.30. The van der Waals surface area contributed by atoms with Gasteiger partial charge in [0.15, 0.2) is 0 Å². The van der Waals surface area contributed by atoms with E-state index in [9.17, 15) is 10.1 Å². The molecule has 0 aromatic rings. The van der Waals surface area contributed by atoms with Crippen LogP contribution in [0.4, 0.5) is 0 Å². The second kappa shape index (κ2) is 6.58. The van der Waals surface area contributed by atoms with Crippen molar-refractivity contribution in [2.75, 3.05) is 39.3 Å². The third-order valence-corrected chi connectivity index (χ3v) is 3.88. The molecule has 5 heteroatoms. The molecule has 2 fully saturated rings. The van der Waals surface area contributed by atoms with E-state index in [4.69, 9.17) is 0 Å². The number of amides is 1. The van der Waals surface area contributed by atoms with Crippen molar-refractivity contribution in [3.63, 3.8) is 0 Å². The van der Waals surface area contributed by atoms with Gasteiger partial charge in [0.2, 0.25) is 0 Å². The van der Waals surface area contributed by atoms with Crippen LogP contribution in [0, 0.1) is 17.2 Å². The van der Waals surface area contributed by atoms with Gasteiger partial charge in [-0.1, -0.05) is 6.92 Å². The average Bonchev–Trinajstić information content (AvgIpc) is 2.46. The maximum absolute atomic E-state index is 12.3. The third kappa shape index (κ3) is 3.71. The fourth-order valence-corrected chi connectivity index (χ4v) is 2.51. The number of carbonyl (C=O) groups excluding carboxylic acids is 1. The molecule has 2 aliphatic rings. The standard InChI is InChI=1S/C14H22N4O/c1-12-2-6-18(7-3-12)14(19)13(10-15)11-17-8-4-16-5-9-17/h11-12,16H,2-9H2,1H3/b13-11-. The molecule has 19 heavy (non-hydrogen) atoms. The average molecular weight is 262 g/mol. The van der Waals surface area contributed by atoms with Gasteiger partial charge in [-0.15, -0.1) is 0 Å². The maximum atomic E-state index is 12.3. The van der Waals surface area contributed by atoms with E-state index in [0.29, 0.717) is 5.92 Å². The maximum Gasteiger partial charge on any atom is 0.266 e. The van der Waals surface area contributed by atoms with E-state index in [2.05, 4.69) is 23.2 Å². The molecular weight excluding hydrogens is 240 g/mol. The molecular formula is C14H22N4O. The van der Waals surface area contributed by atoms with Crippen molar-refractivity contribution in [1.82, 2.24) is 15.1 Å². The van der Waals surface area contributed by atoms with Gasteiger partial charge in [-0.3, -0.25) is 4.79 Å². The highest BCUT2D eigenvalue weighted by Crippen LogP contribution is 2.17. The van der Waals surface area contributed by atoms with Crippen LogP contribution in [0.5, 0.6) is 0 Å². The molecule has 0 bridgehead atoms. The van der Waals surface area contributed by atoms with Gasteiger partial charge in [-0.2, -0.15) is 5.26 Å². The molecule has 2 aliphatic heterocycles. The molecule has 0 spiro atoms. The molecule has 1 amide bonds. The zero-order valence-electron chi connectivity index (χ0n) is 11.6. The van der Waals surface area contributed by atoms with Gasteiger partial charge in [0.05, 0.1) is 0 Å². The van der Waals surface area contributed by atoms with Gasteiger partial charge in [0.1, 0.15) is 11.6 Å². The monoisotopic (exact) mass is 262 g/mol. The summed E-state index contributed by atoms with van der Waals surface area (Å²) in [6, 6.07) is 2.07. The summed E-state index contributed by atoms with van der Waals surface area (Å²) in [6.07, 6.45) is 3.82. The number of nitrogens with one attached hydrogen (secondary N) is 1. The second-order valence-electron chi connectivity index (χ2n) is 5.42. The van der Waals surface area contributed by atoms with Crippen LogP contribution in [0.1, 0.15) is 19.8 Å². The Hall–Kier alpha value is -1.54. The number of nitriles is 1. The summed E-state index contributed by atoms with van der Waals surface area (Å²) < 4.78 is 0. The lowest BCUT2D eigenvalue weighted by Crippen LogP contribution is -2.42. The number of piperidine rings is 1. The summed E-state index contributed by atoms with van der Waals surface area (Å²) in [5.74, 6) is 0.583. The Morgan fingerprint density at radius 2 is 1.89 bits per heavy atom. The van der Waals surface area contributed by atoms with Crippen LogP contribution >= 0.6 is 0 Å². The van der Waals surface area contributed by atoms with Crippen LogP contribution in [0.25, 0.3) is 0 Å². The number of piperazine rings is 1. The summed E-state index contributed by atoms with van der Waals surface area (Å²) in [4.78, 5) is 16.2. The summed E-state index contributed by atoms with van der Waals surface area (Å²) in [7, 11) is 0. The minimum atomic E-state index is -0.104. The highest BCUT2D eigenvalue weighted by Gasteiger charge is 2.23. The Bertz CT molecular complexity index is 385. The smallest absolute Gasteiger partial charge is 0.266 e. The molecule has 2 rings (SSSR count). The predicted molar refractivity (Wildman–Crippen MR) is 73.1 cm³/mol. The van der Waals surface area contributed by atoms with Crippen LogP contribution in [-0.2, 0) is 4.79 Å². The van der Waals surface area contributed by atoms with E-state index < -0.39 is 0 Å². The fraction of sp³-hybridized carbons (Fsp3) is 0.714. The zero-order valence-corrected chi connectivity index (χ0v) is 11.6. The molecule has 0 aliphatic carbocycles. The van der Waals surface area contributed by atoms with Crippen LogP contribution in [0.2, 0.25) is 0 Å². The zero-order chi connectivity index (χ0) is 13.7. The van der Waals surface area contributed by atoms with Crippen molar-refractivity contribution in [3.05, 3.63) is 11.8 Å². The normalized spacial score (nSPS) is 22.2. The Labute approximate surface area is 114 Å². The van der Waals surface area contributed by atoms with Gasteiger partial charge in [-0.05, 0) is 18.8 Å². The van der Waals surface area contributed by atoms with Crippen LogP contribution in [0.3, 0.4) is 0 Å². The van der Waals surface area contributed by atoms with Crippen molar-refractivity contribution in [3.8, 4) is 6.07 Å². The fourth-order valence-electron chi connectivity index (χ4n) is 2.51. The van der Waals surface area contributed by atoms with Gasteiger partial charge in [0.25, 0.3) is 5.91 Å². The first kappa shape index (κ1) is 13.9. The van der Waals surface area contributed by atoms with E-state index >= 15 is 0 Å². The first-order valence-corrected chi connectivity index (χ1v) is 7.06. The van der Waals surface area contributed by atoms with Crippen LogP contribution in [0.15, 0.2) is 11.8 Å². The first-order valence-electron chi connectivity index (χ1n) is 7.06. The largest absolute Gasteiger partial charge is 0.374 e. The van der Waals surface area contributed by atoms with E-state index in [1.165, 1.54) is 0 Å². The molecule has 0 atom stereocenters. The summed E-state index contributed by atoms with van der Waals surface area (Å²) in [5, 5.41) is 12.5. The number of rotatable bonds is 2. The minimum absolute atomic E-state index is 0.104. The summed E-state index contributed by atoms with van der Waals surface area (Å²) >= 11 is 0. The van der Waals surface area contributed by atoms with E-state index in [1.54, 1.807) is 6.20 Å². The molecule has 2 heterocycles. The van der Waals surface area contributed by atoms with Gasteiger partial charge in [-0.25, -0.2) is 0 Å². The third-order valence-electron chi connectivity index (χ3n) is 3.88. The lowest BCUT2D eigenvalue weighted by atomic mass is 9.99. The highest BCUT2D eigenvalue weighted by molar-refractivity contribution is 5.97. The number of carbonyl (C=O) groups is 1. The van der Waals surface area contributed by atoms with E-state index in [0.717, 1.165) is 52.1 Å². The van der Waals surface area contributed by atoms with Crippen molar-refractivity contribution in [2.24, 2.45) is 5.92 Å². The lowest BCUT2D eigenvalue weighted by molar-refractivity contribution is -0.128. The molecule has 1 N–H and O–H groups in total. The van der Waals surface area contributed by atoms with Crippen molar-refractivity contribution < 1.29 is 4.79 Å². The van der Waals surface area contributed by atoms with Crippen molar-refractivity contribution >= 4 is 5.91 Å². The second-order valence-corrected chi connectivity index (χ2v) is 5.42. The highest BCUT2D eigenvalue weighted by atomic mass is 16.2. The van der Waals surface area contributed by atoms with Crippen LogP contribution < -0.4 is 5.32 Å². The van der Waals surface area contributed by atoms with E-state index in [-0.39, 0.29) is 11.5 Å². The number of nitrogens with zero attached hydrogens (tertiary/aromatic N) is 3. The first-order chi connectivity index (χ1) is 9.20. The molecule has 104 valence electrons. The van der Waals surface area contributed by atoms with Gasteiger partial charge >= 0.3 is 0 Å². The molecule has 2 saturated heterocycles. The molecule has 0 saturated carbocycles. The molecule has 0 radical (unpaired) electrons. The molecule has 0 unspecified atom stereocenters. The Balaban J connectivity index is 1.98. The summed E-state index contributed by atoms with van der Waals surface area (Å²) in [5.41, 5.74) is 0.274.